The molecule has 0 radical (unpaired) electrons. The maximum atomic E-state index is 7.19. The number of rotatable bonds is 3. The average Bonchev–Trinajstić information content (AvgIpc) is 2.46. The molecule has 1 aromatic heterocycles. The predicted molar refractivity (Wildman–Crippen MR) is 71.0 cm³/mol. The van der Waals surface area contributed by atoms with Crippen molar-refractivity contribution in [1.82, 2.24) is 4.98 Å². The van der Waals surface area contributed by atoms with Crippen LogP contribution in [0.15, 0.2) is 55.1 Å². The van der Waals surface area contributed by atoms with Crippen LogP contribution < -0.4 is 0 Å². The lowest BCUT2D eigenvalue weighted by Crippen LogP contribution is -1.90. The summed E-state index contributed by atoms with van der Waals surface area (Å²) in [6.07, 6.45) is 4.89. The Morgan fingerprint density at radius 3 is 2.72 bits per heavy atom. The smallest absolute Gasteiger partial charge is 0.212 e. The van der Waals surface area contributed by atoms with Gasteiger partial charge in [0.15, 0.2) is 0 Å². The molecule has 88 valence electrons. The molecule has 0 amide bonds. The van der Waals surface area contributed by atoms with Crippen molar-refractivity contribution in [3.05, 3.63) is 77.6 Å². The van der Waals surface area contributed by atoms with Crippen LogP contribution in [-0.2, 0) is 4.74 Å². The zero-order chi connectivity index (χ0) is 12.8. The van der Waals surface area contributed by atoms with E-state index >= 15 is 0 Å². The molecule has 0 unspecified atom stereocenters. The number of nitrogens with zero attached hydrogens (tertiary/aromatic N) is 2. The Kier molecular flexibility index (Phi) is 3.72. The van der Waals surface area contributed by atoms with Crippen molar-refractivity contribution in [1.29, 1.82) is 0 Å². The van der Waals surface area contributed by atoms with Crippen molar-refractivity contribution < 1.29 is 4.74 Å². The van der Waals surface area contributed by atoms with E-state index in [2.05, 4.69) is 9.83 Å². The van der Waals surface area contributed by atoms with Crippen LogP contribution in [0.3, 0.4) is 0 Å². The van der Waals surface area contributed by atoms with E-state index in [0.717, 1.165) is 16.7 Å². The third-order valence-corrected chi connectivity index (χ3v) is 2.53. The normalized spacial score (nSPS) is 10.8. The molecule has 0 atom stereocenters. The van der Waals surface area contributed by atoms with Crippen LogP contribution in [-0.4, -0.2) is 12.1 Å². The van der Waals surface area contributed by atoms with Crippen LogP contribution in [0.1, 0.15) is 11.1 Å². The quantitative estimate of drug-likeness (QED) is 0.600. The maximum absolute atomic E-state index is 7.19. The van der Waals surface area contributed by atoms with Gasteiger partial charge in [-0.3, -0.25) is 4.98 Å². The number of hydrogen-bond acceptors (Lipinski definition) is 2. The summed E-state index contributed by atoms with van der Waals surface area (Å²) in [4.78, 5) is 7.46. The lowest BCUT2D eigenvalue weighted by atomic mass is 9.99. The Labute approximate surface area is 106 Å². The van der Waals surface area contributed by atoms with Gasteiger partial charge in [0.2, 0.25) is 5.69 Å². The fourth-order valence-corrected chi connectivity index (χ4v) is 1.73. The molecular weight excluding hydrogens is 224 g/mol. The standard InChI is InChI=1S/C15H12N2O/c1-16-15-10-17-9-8-13(15)14(11-18-2)12-6-4-3-5-7-12/h3-11H,2H3/b14-11+. The van der Waals surface area contributed by atoms with Crippen LogP contribution in [0.5, 0.6) is 0 Å². The van der Waals surface area contributed by atoms with Gasteiger partial charge < -0.3 is 4.74 Å². The van der Waals surface area contributed by atoms with E-state index in [-0.39, 0.29) is 0 Å². The fourth-order valence-electron chi connectivity index (χ4n) is 1.73. The van der Waals surface area contributed by atoms with E-state index in [4.69, 9.17) is 11.3 Å². The Morgan fingerprint density at radius 1 is 1.28 bits per heavy atom. The first-order valence-electron chi connectivity index (χ1n) is 5.47. The van der Waals surface area contributed by atoms with E-state index in [1.807, 2.05) is 36.4 Å². The molecule has 2 rings (SSSR count). The second kappa shape index (κ2) is 5.65. The van der Waals surface area contributed by atoms with Gasteiger partial charge in [-0.05, 0) is 17.2 Å². The molecule has 0 N–H and O–H groups in total. The molecule has 1 heterocycles. The first-order chi connectivity index (χ1) is 8.86. The summed E-state index contributed by atoms with van der Waals surface area (Å²) in [5, 5.41) is 0. The largest absolute Gasteiger partial charge is 0.504 e. The summed E-state index contributed by atoms with van der Waals surface area (Å²) in [6, 6.07) is 11.7. The molecule has 1 aromatic carbocycles. The van der Waals surface area contributed by atoms with Crippen LogP contribution in [0.2, 0.25) is 0 Å². The molecule has 18 heavy (non-hydrogen) atoms. The highest BCUT2D eigenvalue weighted by atomic mass is 16.5. The Hall–Kier alpha value is -2.60. The van der Waals surface area contributed by atoms with Crippen LogP contribution in [0, 0.1) is 6.57 Å². The molecule has 0 bridgehead atoms. The minimum Gasteiger partial charge on any atom is -0.504 e. The Balaban J connectivity index is 2.57. The monoisotopic (exact) mass is 236 g/mol. The van der Waals surface area contributed by atoms with Gasteiger partial charge in [-0.25, -0.2) is 4.85 Å². The van der Waals surface area contributed by atoms with Gasteiger partial charge >= 0.3 is 0 Å². The summed E-state index contributed by atoms with van der Waals surface area (Å²) in [5.41, 5.74) is 3.24. The van der Waals surface area contributed by atoms with Gasteiger partial charge in [-0.1, -0.05) is 30.3 Å². The van der Waals surface area contributed by atoms with E-state index in [1.165, 1.54) is 0 Å². The van der Waals surface area contributed by atoms with Crippen molar-refractivity contribution in [3.8, 4) is 0 Å². The highest BCUT2D eigenvalue weighted by Gasteiger charge is 2.10. The van der Waals surface area contributed by atoms with Crippen LogP contribution in [0.4, 0.5) is 5.69 Å². The molecular formula is C15H12N2O. The number of aromatic nitrogens is 1. The maximum Gasteiger partial charge on any atom is 0.212 e. The first-order valence-corrected chi connectivity index (χ1v) is 5.47. The molecule has 0 fully saturated rings. The first kappa shape index (κ1) is 11.9. The number of pyridine rings is 1. The summed E-state index contributed by atoms with van der Waals surface area (Å²) in [7, 11) is 1.60. The zero-order valence-corrected chi connectivity index (χ0v) is 10.00. The molecule has 3 nitrogen and oxygen atoms in total. The van der Waals surface area contributed by atoms with Crippen molar-refractivity contribution in [3.63, 3.8) is 0 Å². The van der Waals surface area contributed by atoms with E-state index < -0.39 is 0 Å². The highest BCUT2D eigenvalue weighted by Crippen LogP contribution is 2.30. The van der Waals surface area contributed by atoms with Gasteiger partial charge in [0.05, 0.1) is 19.9 Å². The van der Waals surface area contributed by atoms with Crippen molar-refractivity contribution in [2.45, 2.75) is 0 Å². The second-order valence-electron chi connectivity index (χ2n) is 3.64. The molecule has 0 aliphatic rings. The predicted octanol–water partition coefficient (Wildman–Crippen LogP) is 3.67. The van der Waals surface area contributed by atoms with Gasteiger partial charge in [0, 0.05) is 18.0 Å². The minimum atomic E-state index is 0.518. The number of methoxy groups -OCH3 is 1. The molecule has 2 aromatic rings. The Bertz CT molecular complexity index is 597. The molecule has 3 heteroatoms. The van der Waals surface area contributed by atoms with E-state index in [0.29, 0.717) is 5.69 Å². The molecule has 0 aliphatic heterocycles. The van der Waals surface area contributed by atoms with Crippen molar-refractivity contribution in [2.24, 2.45) is 0 Å². The molecule has 0 saturated carbocycles. The number of ether oxygens (including phenoxy) is 1. The second-order valence-corrected chi connectivity index (χ2v) is 3.64. The van der Waals surface area contributed by atoms with E-state index in [1.54, 1.807) is 25.8 Å². The van der Waals surface area contributed by atoms with Gasteiger partial charge in [0.1, 0.15) is 0 Å². The number of benzene rings is 1. The van der Waals surface area contributed by atoms with E-state index in [9.17, 15) is 0 Å². The summed E-state index contributed by atoms with van der Waals surface area (Å²) >= 11 is 0. The van der Waals surface area contributed by atoms with Crippen molar-refractivity contribution >= 4 is 11.3 Å². The summed E-state index contributed by atoms with van der Waals surface area (Å²) in [5.74, 6) is 0. The zero-order valence-electron chi connectivity index (χ0n) is 10.00. The topological polar surface area (TPSA) is 26.5 Å². The molecule has 0 aliphatic carbocycles. The molecule has 0 saturated heterocycles. The lowest BCUT2D eigenvalue weighted by Gasteiger charge is -2.09. The van der Waals surface area contributed by atoms with Crippen molar-refractivity contribution in [2.75, 3.05) is 7.11 Å². The average molecular weight is 236 g/mol. The fraction of sp³-hybridized carbons (Fsp3) is 0.0667. The number of hydrogen-bond donors (Lipinski definition) is 0. The van der Waals surface area contributed by atoms with Gasteiger partial charge in [-0.2, -0.15) is 0 Å². The molecule has 0 spiro atoms. The SMILES string of the molecule is [C-]#[N+]c1cnccc1/C(=C/OC)c1ccccc1. The minimum absolute atomic E-state index is 0.518. The third kappa shape index (κ3) is 2.38. The van der Waals surface area contributed by atoms with Gasteiger partial charge in [0.25, 0.3) is 0 Å². The summed E-state index contributed by atoms with van der Waals surface area (Å²) in [6.45, 7) is 7.19. The third-order valence-electron chi connectivity index (χ3n) is 2.53. The van der Waals surface area contributed by atoms with Crippen LogP contribution in [0.25, 0.3) is 10.4 Å². The highest BCUT2D eigenvalue weighted by molar-refractivity contribution is 5.85. The van der Waals surface area contributed by atoms with Gasteiger partial charge in [-0.15, -0.1) is 0 Å². The van der Waals surface area contributed by atoms with Crippen LogP contribution >= 0.6 is 0 Å². The summed E-state index contributed by atoms with van der Waals surface area (Å²) < 4.78 is 5.13. The Morgan fingerprint density at radius 2 is 2.06 bits per heavy atom. The lowest BCUT2D eigenvalue weighted by molar-refractivity contribution is 0.340.